The highest BCUT2D eigenvalue weighted by Crippen LogP contribution is 2.26. The van der Waals surface area contributed by atoms with Crippen LogP contribution in [0.25, 0.3) is 0 Å². The van der Waals surface area contributed by atoms with Crippen molar-refractivity contribution in [3.8, 4) is 0 Å². The molecule has 112 valence electrons. The van der Waals surface area contributed by atoms with Gasteiger partial charge in [0.25, 0.3) is 0 Å². The molecule has 1 aliphatic carbocycles. The molecular formula is C15H30N2O2. The van der Waals surface area contributed by atoms with E-state index in [0.29, 0.717) is 18.1 Å². The van der Waals surface area contributed by atoms with E-state index in [4.69, 9.17) is 15.2 Å². The monoisotopic (exact) mass is 270 g/mol. The number of hydrogen-bond donors (Lipinski definition) is 1. The standard InChI is InChI=1S/C15H30N2O2/c1-12(2)17-7-8-18-14(10-17)11-19-15-6-4-3-5-13(15)9-16/h12-15H,3-11,16H2,1-2H3. The SMILES string of the molecule is CC(C)N1CCOC(COC2CCCCC2CN)C1. The van der Waals surface area contributed by atoms with E-state index < -0.39 is 0 Å². The second kappa shape index (κ2) is 7.58. The second-order valence-electron chi connectivity index (χ2n) is 6.23. The number of rotatable bonds is 5. The van der Waals surface area contributed by atoms with Crippen LogP contribution in [0.1, 0.15) is 39.5 Å². The van der Waals surface area contributed by atoms with Crippen molar-refractivity contribution in [2.75, 3.05) is 32.8 Å². The maximum Gasteiger partial charge on any atom is 0.0935 e. The van der Waals surface area contributed by atoms with Crippen LogP contribution < -0.4 is 5.73 Å². The predicted octanol–water partition coefficient (Wildman–Crippen LogP) is 1.63. The fraction of sp³-hybridized carbons (Fsp3) is 1.00. The summed E-state index contributed by atoms with van der Waals surface area (Å²) < 4.78 is 11.9. The van der Waals surface area contributed by atoms with Crippen LogP contribution in [0.2, 0.25) is 0 Å². The van der Waals surface area contributed by atoms with Gasteiger partial charge in [-0.1, -0.05) is 12.8 Å². The van der Waals surface area contributed by atoms with Crippen molar-refractivity contribution in [2.24, 2.45) is 11.7 Å². The lowest BCUT2D eigenvalue weighted by Crippen LogP contribution is -2.48. The quantitative estimate of drug-likeness (QED) is 0.825. The Labute approximate surface area is 117 Å². The Hall–Kier alpha value is -0.160. The predicted molar refractivity (Wildman–Crippen MR) is 77.2 cm³/mol. The largest absolute Gasteiger partial charge is 0.375 e. The molecule has 19 heavy (non-hydrogen) atoms. The Kier molecular flexibility index (Phi) is 6.07. The minimum absolute atomic E-state index is 0.233. The highest BCUT2D eigenvalue weighted by Gasteiger charge is 2.27. The molecule has 0 bridgehead atoms. The lowest BCUT2D eigenvalue weighted by Gasteiger charge is -2.37. The molecule has 2 fully saturated rings. The molecule has 0 aromatic heterocycles. The molecule has 1 heterocycles. The Morgan fingerprint density at radius 3 is 2.84 bits per heavy atom. The van der Waals surface area contributed by atoms with E-state index in [9.17, 15) is 0 Å². The average Bonchev–Trinajstić information content (AvgIpc) is 2.45. The van der Waals surface area contributed by atoms with E-state index in [-0.39, 0.29) is 6.10 Å². The summed E-state index contributed by atoms with van der Waals surface area (Å²) in [6.07, 6.45) is 5.58. The third-order valence-corrected chi connectivity index (χ3v) is 4.54. The summed E-state index contributed by atoms with van der Waals surface area (Å²) in [5, 5.41) is 0. The number of morpholine rings is 1. The third-order valence-electron chi connectivity index (χ3n) is 4.54. The van der Waals surface area contributed by atoms with E-state index in [0.717, 1.165) is 32.8 Å². The fourth-order valence-corrected chi connectivity index (χ4v) is 3.21. The van der Waals surface area contributed by atoms with Crippen LogP contribution in [0, 0.1) is 5.92 Å². The summed E-state index contributed by atoms with van der Waals surface area (Å²) >= 11 is 0. The number of hydrogen-bond acceptors (Lipinski definition) is 4. The molecule has 4 nitrogen and oxygen atoms in total. The second-order valence-corrected chi connectivity index (χ2v) is 6.23. The zero-order valence-electron chi connectivity index (χ0n) is 12.5. The smallest absolute Gasteiger partial charge is 0.0935 e. The van der Waals surface area contributed by atoms with Crippen molar-refractivity contribution in [2.45, 2.75) is 57.8 Å². The first-order chi connectivity index (χ1) is 9.20. The topological polar surface area (TPSA) is 47.7 Å². The van der Waals surface area contributed by atoms with Crippen LogP contribution in [0.3, 0.4) is 0 Å². The van der Waals surface area contributed by atoms with Crippen LogP contribution in [0.5, 0.6) is 0 Å². The molecule has 1 saturated heterocycles. The first-order valence-electron chi connectivity index (χ1n) is 7.88. The molecule has 2 rings (SSSR count). The van der Waals surface area contributed by atoms with Crippen LogP contribution >= 0.6 is 0 Å². The molecule has 2 N–H and O–H groups in total. The molecule has 0 aromatic rings. The van der Waals surface area contributed by atoms with Gasteiger partial charge in [-0.3, -0.25) is 4.90 Å². The molecule has 3 atom stereocenters. The van der Waals surface area contributed by atoms with E-state index in [2.05, 4.69) is 18.7 Å². The molecule has 1 saturated carbocycles. The molecular weight excluding hydrogens is 240 g/mol. The first kappa shape index (κ1) is 15.2. The van der Waals surface area contributed by atoms with Crippen molar-refractivity contribution >= 4 is 0 Å². The van der Waals surface area contributed by atoms with Gasteiger partial charge >= 0.3 is 0 Å². The summed E-state index contributed by atoms with van der Waals surface area (Å²) in [5.41, 5.74) is 5.84. The normalized spacial score (nSPS) is 33.8. The molecule has 0 aromatic carbocycles. The maximum absolute atomic E-state index is 6.12. The van der Waals surface area contributed by atoms with E-state index in [1.807, 2.05) is 0 Å². The van der Waals surface area contributed by atoms with E-state index in [1.54, 1.807) is 0 Å². The number of ether oxygens (including phenoxy) is 2. The van der Waals surface area contributed by atoms with Gasteiger partial charge in [0.1, 0.15) is 0 Å². The summed E-state index contributed by atoms with van der Waals surface area (Å²) in [5.74, 6) is 0.554. The molecule has 1 aliphatic heterocycles. The van der Waals surface area contributed by atoms with E-state index in [1.165, 1.54) is 25.7 Å². The Morgan fingerprint density at radius 2 is 2.11 bits per heavy atom. The summed E-state index contributed by atoms with van der Waals surface area (Å²) in [7, 11) is 0. The minimum atomic E-state index is 0.233. The Bertz CT molecular complexity index is 261. The molecule has 3 unspecified atom stereocenters. The van der Waals surface area contributed by atoms with Crippen LogP contribution in [-0.2, 0) is 9.47 Å². The molecule has 0 amide bonds. The highest BCUT2D eigenvalue weighted by atomic mass is 16.5. The molecule has 0 radical (unpaired) electrons. The average molecular weight is 270 g/mol. The zero-order valence-corrected chi connectivity index (χ0v) is 12.5. The van der Waals surface area contributed by atoms with Crippen LogP contribution in [0.15, 0.2) is 0 Å². The van der Waals surface area contributed by atoms with E-state index >= 15 is 0 Å². The summed E-state index contributed by atoms with van der Waals surface area (Å²) in [6, 6.07) is 0.595. The summed E-state index contributed by atoms with van der Waals surface area (Å²) in [6.45, 7) is 8.85. The van der Waals surface area contributed by atoms with Gasteiger partial charge in [-0.2, -0.15) is 0 Å². The lowest BCUT2D eigenvalue weighted by molar-refractivity contribution is -0.104. The highest BCUT2D eigenvalue weighted by molar-refractivity contribution is 4.79. The van der Waals surface area contributed by atoms with Crippen LogP contribution in [-0.4, -0.2) is 56.0 Å². The number of nitrogens with zero attached hydrogens (tertiary/aromatic N) is 1. The van der Waals surface area contributed by atoms with Crippen molar-refractivity contribution in [3.05, 3.63) is 0 Å². The summed E-state index contributed by atoms with van der Waals surface area (Å²) in [4.78, 5) is 2.47. The maximum atomic E-state index is 6.12. The van der Waals surface area contributed by atoms with Gasteiger partial charge < -0.3 is 15.2 Å². The fourth-order valence-electron chi connectivity index (χ4n) is 3.21. The molecule has 4 heteroatoms. The van der Waals surface area contributed by atoms with Crippen molar-refractivity contribution < 1.29 is 9.47 Å². The third kappa shape index (κ3) is 4.42. The lowest BCUT2D eigenvalue weighted by atomic mass is 9.86. The van der Waals surface area contributed by atoms with Gasteiger partial charge in [0.2, 0.25) is 0 Å². The Balaban J connectivity index is 1.74. The Morgan fingerprint density at radius 1 is 1.32 bits per heavy atom. The van der Waals surface area contributed by atoms with Crippen molar-refractivity contribution in [1.82, 2.24) is 4.90 Å². The van der Waals surface area contributed by atoms with Crippen molar-refractivity contribution in [1.29, 1.82) is 0 Å². The molecule has 0 spiro atoms. The van der Waals surface area contributed by atoms with Crippen LogP contribution in [0.4, 0.5) is 0 Å². The first-order valence-corrected chi connectivity index (χ1v) is 7.88. The molecule has 2 aliphatic rings. The number of nitrogens with two attached hydrogens (primary N) is 1. The van der Waals surface area contributed by atoms with Gasteiger partial charge in [-0.05, 0) is 39.2 Å². The van der Waals surface area contributed by atoms with Gasteiger partial charge in [0.05, 0.1) is 25.4 Å². The van der Waals surface area contributed by atoms with Gasteiger partial charge in [0.15, 0.2) is 0 Å². The van der Waals surface area contributed by atoms with Gasteiger partial charge in [0, 0.05) is 19.1 Å². The minimum Gasteiger partial charge on any atom is -0.375 e. The zero-order chi connectivity index (χ0) is 13.7. The van der Waals surface area contributed by atoms with Crippen molar-refractivity contribution in [3.63, 3.8) is 0 Å². The van der Waals surface area contributed by atoms with Gasteiger partial charge in [-0.25, -0.2) is 0 Å². The van der Waals surface area contributed by atoms with Gasteiger partial charge in [-0.15, -0.1) is 0 Å².